The van der Waals surface area contributed by atoms with E-state index in [0.717, 1.165) is 18.1 Å². The standard InChI is InChI=1S/C14H26N4O/c1-11(10-19-6)18(5)13-8-7-12(16-17-13)9-15-14(2,3)4/h7-8,11,15H,9-10H2,1-6H3. The third kappa shape index (κ3) is 5.53. The fourth-order valence-electron chi connectivity index (χ4n) is 1.57. The first kappa shape index (κ1) is 15.9. The largest absolute Gasteiger partial charge is 0.383 e. The summed E-state index contributed by atoms with van der Waals surface area (Å²) in [5, 5.41) is 11.9. The first-order valence-electron chi connectivity index (χ1n) is 6.63. The zero-order chi connectivity index (χ0) is 14.5. The van der Waals surface area contributed by atoms with Crippen LogP contribution in [0.15, 0.2) is 12.1 Å². The first-order valence-corrected chi connectivity index (χ1v) is 6.63. The van der Waals surface area contributed by atoms with Crippen molar-refractivity contribution in [2.45, 2.75) is 45.8 Å². The summed E-state index contributed by atoms with van der Waals surface area (Å²) in [6.07, 6.45) is 0. The maximum absolute atomic E-state index is 5.15. The number of likely N-dealkylation sites (N-methyl/N-ethyl adjacent to an activating group) is 1. The second-order valence-electron chi connectivity index (χ2n) is 5.90. The molecule has 0 bridgehead atoms. The molecule has 1 N–H and O–H groups in total. The number of methoxy groups -OCH3 is 1. The summed E-state index contributed by atoms with van der Waals surface area (Å²) in [5.41, 5.74) is 1.04. The summed E-state index contributed by atoms with van der Waals surface area (Å²) in [7, 11) is 3.71. The van der Waals surface area contributed by atoms with E-state index in [9.17, 15) is 0 Å². The van der Waals surface area contributed by atoms with Crippen LogP contribution in [-0.2, 0) is 11.3 Å². The Balaban J connectivity index is 2.60. The van der Waals surface area contributed by atoms with Gasteiger partial charge < -0.3 is 15.0 Å². The number of nitrogens with one attached hydrogen (secondary N) is 1. The number of rotatable bonds is 6. The van der Waals surface area contributed by atoms with Crippen molar-refractivity contribution in [1.29, 1.82) is 0 Å². The van der Waals surface area contributed by atoms with Gasteiger partial charge in [0.25, 0.3) is 0 Å². The number of ether oxygens (including phenoxy) is 1. The van der Waals surface area contributed by atoms with E-state index in [0.29, 0.717) is 6.61 Å². The van der Waals surface area contributed by atoms with Crippen LogP contribution in [0.25, 0.3) is 0 Å². The first-order chi connectivity index (χ1) is 8.83. The van der Waals surface area contributed by atoms with Gasteiger partial charge >= 0.3 is 0 Å². The van der Waals surface area contributed by atoms with Gasteiger partial charge in [-0.05, 0) is 39.8 Å². The Labute approximate surface area is 116 Å². The fourth-order valence-corrected chi connectivity index (χ4v) is 1.57. The van der Waals surface area contributed by atoms with Crippen molar-refractivity contribution < 1.29 is 4.74 Å². The summed E-state index contributed by atoms with van der Waals surface area (Å²) in [6.45, 7) is 9.90. The molecule has 0 aliphatic heterocycles. The number of aromatic nitrogens is 2. The average molecular weight is 266 g/mol. The Morgan fingerprint density at radius 1 is 1.32 bits per heavy atom. The van der Waals surface area contributed by atoms with Gasteiger partial charge in [-0.2, -0.15) is 5.10 Å². The number of hydrogen-bond donors (Lipinski definition) is 1. The highest BCUT2D eigenvalue weighted by atomic mass is 16.5. The molecule has 5 heteroatoms. The third-order valence-corrected chi connectivity index (χ3v) is 2.94. The highest BCUT2D eigenvalue weighted by Gasteiger charge is 2.12. The van der Waals surface area contributed by atoms with E-state index >= 15 is 0 Å². The molecule has 1 aromatic heterocycles. The number of hydrogen-bond acceptors (Lipinski definition) is 5. The quantitative estimate of drug-likeness (QED) is 0.851. The third-order valence-electron chi connectivity index (χ3n) is 2.94. The monoisotopic (exact) mass is 266 g/mol. The molecular weight excluding hydrogens is 240 g/mol. The van der Waals surface area contributed by atoms with Crippen molar-refractivity contribution in [1.82, 2.24) is 15.5 Å². The molecule has 0 radical (unpaired) electrons. The molecular formula is C14H26N4O. The molecule has 0 amide bonds. The smallest absolute Gasteiger partial charge is 0.151 e. The van der Waals surface area contributed by atoms with Gasteiger partial charge in [0, 0.05) is 26.2 Å². The van der Waals surface area contributed by atoms with Crippen molar-refractivity contribution in [3.63, 3.8) is 0 Å². The van der Waals surface area contributed by atoms with Gasteiger partial charge in [-0.3, -0.25) is 0 Å². The molecule has 19 heavy (non-hydrogen) atoms. The Morgan fingerprint density at radius 3 is 2.47 bits per heavy atom. The van der Waals surface area contributed by atoms with Crippen LogP contribution >= 0.6 is 0 Å². The topological polar surface area (TPSA) is 50.3 Å². The minimum atomic E-state index is 0.0874. The van der Waals surface area contributed by atoms with Gasteiger partial charge in [-0.1, -0.05) is 0 Å². The lowest BCUT2D eigenvalue weighted by Gasteiger charge is -2.25. The summed E-state index contributed by atoms with van der Waals surface area (Å²) >= 11 is 0. The fraction of sp³-hybridized carbons (Fsp3) is 0.714. The summed E-state index contributed by atoms with van der Waals surface area (Å²) in [5.74, 6) is 0.865. The number of nitrogens with zero attached hydrogens (tertiary/aromatic N) is 3. The Hall–Kier alpha value is -1.20. The molecule has 1 rings (SSSR count). The maximum atomic E-state index is 5.15. The SMILES string of the molecule is COCC(C)N(C)c1ccc(CNC(C)(C)C)nn1. The molecule has 0 aliphatic rings. The van der Waals surface area contributed by atoms with Gasteiger partial charge in [-0.15, -0.1) is 5.10 Å². The molecule has 1 atom stereocenters. The summed E-state index contributed by atoms with van der Waals surface area (Å²) in [4.78, 5) is 2.07. The molecule has 0 aromatic carbocycles. The Morgan fingerprint density at radius 2 is 2.00 bits per heavy atom. The van der Waals surface area contributed by atoms with E-state index in [1.807, 2.05) is 19.2 Å². The molecule has 0 spiro atoms. The molecule has 1 aromatic rings. The van der Waals surface area contributed by atoms with Gasteiger partial charge in [0.1, 0.15) is 0 Å². The van der Waals surface area contributed by atoms with Gasteiger partial charge in [-0.25, -0.2) is 0 Å². The van der Waals surface area contributed by atoms with Crippen LogP contribution in [-0.4, -0.2) is 42.5 Å². The Kier molecular flexibility index (Phi) is 5.69. The van der Waals surface area contributed by atoms with E-state index in [4.69, 9.17) is 4.74 Å². The average Bonchev–Trinajstić information content (AvgIpc) is 2.35. The molecule has 0 saturated heterocycles. The number of anilines is 1. The van der Waals surface area contributed by atoms with E-state index in [1.165, 1.54) is 0 Å². The van der Waals surface area contributed by atoms with Crippen LogP contribution in [0.3, 0.4) is 0 Å². The minimum absolute atomic E-state index is 0.0874. The van der Waals surface area contributed by atoms with Crippen molar-refractivity contribution in [2.75, 3.05) is 25.7 Å². The predicted octanol–water partition coefficient (Wildman–Crippen LogP) is 1.84. The molecule has 1 heterocycles. The van der Waals surface area contributed by atoms with E-state index < -0.39 is 0 Å². The molecule has 5 nitrogen and oxygen atoms in total. The van der Waals surface area contributed by atoms with Crippen LogP contribution in [0.1, 0.15) is 33.4 Å². The molecule has 0 saturated carbocycles. The summed E-state index contributed by atoms with van der Waals surface area (Å²) in [6, 6.07) is 4.29. The zero-order valence-corrected chi connectivity index (χ0v) is 12.9. The van der Waals surface area contributed by atoms with Crippen LogP contribution in [0, 0.1) is 0 Å². The normalized spacial score (nSPS) is 13.4. The Bertz CT molecular complexity index is 372. The lowest BCUT2D eigenvalue weighted by atomic mass is 10.1. The van der Waals surface area contributed by atoms with E-state index in [-0.39, 0.29) is 11.6 Å². The zero-order valence-electron chi connectivity index (χ0n) is 12.9. The van der Waals surface area contributed by atoms with Gasteiger partial charge in [0.05, 0.1) is 18.3 Å². The second kappa shape index (κ2) is 6.82. The van der Waals surface area contributed by atoms with Crippen molar-refractivity contribution in [2.24, 2.45) is 0 Å². The second-order valence-corrected chi connectivity index (χ2v) is 5.90. The minimum Gasteiger partial charge on any atom is -0.383 e. The van der Waals surface area contributed by atoms with Crippen LogP contribution in [0.5, 0.6) is 0 Å². The maximum Gasteiger partial charge on any atom is 0.151 e. The lowest BCUT2D eigenvalue weighted by molar-refractivity contribution is 0.183. The lowest BCUT2D eigenvalue weighted by Crippen LogP contribution is -2.35. The van der Waals surface area contributed by atoms with Crippen LogP contribution in [0.2, 0.25) is 0 Å². The van der Waals surface area contributed by atoms with E-state index in [1.54, 1.807) is 7.11 Å². The molecule has 1 unspecified atom stereocenters. The molecule has 0 fully saturated rings. The van der Waals surface area contributed by atoms with Crippen molar-refractivity contribution >= 4 is 5.82 Å². The highest BCUT2D eigenvalue weighted by molar-refractivity contribution is 5.37. The van der Waals surface area contributed by atoms with Crippen molar-refractivity contribution in [3.8, 4) is 0 Å². The molecule has 0 aliphatic carbocycles. The van der Waals surface area contributed by atoms with Crippen LogP contribution in [0.4, 0.5) is 5.82 Å². The van der Waals surface area contributed by atoms with E-state index in [2.05, 4.69) is 48.1 Å². The van der Waals surface area contributed by atoms with Crippen molar-refractivity contribution in [3.05, 3.63) is 17.8 Å². The molecule has 108 valence electrons. The highest BCUT2D eigenvalue weighted by Crippen LogP contribution is 2.11. The summed E-state index contributed by atoms with van der Waals surface area (Å²) < 4.78 is 5.15. The van der Waals surface area contributed by atoms with Gasteiger partial charge in [0.2, 0.25) is 0 Å². The van der Waals surface area contributed by atoms with Gasteiger partial charge in [0.15, 0.2) is 5.82 Å². The predicted molar refractivity (Wildman–Crippen MR) is 78.4 cm³/mol. The van der Waals surface area contributed by atoms with Crippen LogP contribution < -0.4 is 10.2 Å².